The van der Waals surface area contributed by atoms with Gasteiger partial charge in [-0.1, -0.05) is 62.0 Å². The van der Waals surface area contributed by atoms with Crippen LogP contribution in [0.3, 0.4) is 0 Å². The fourth-order valence-electron chi connectivity index (χ4n) is 3.60. The molecule has 1 N–H and O–H groups in total. The molecule has 8 heteroatoms. The summed E-state index contributed by atoms with van der Waals surface area (Å²) in [7, 11) is 0. The van der Waals surface area contributed by atoms with Crippen LogP contribution in [0.5, 0.6) is 5.75 Å². The molecular formula is C28H28N4O3S. The van der Waals surface area contributed by atoms with Crippen molar-refractivity contribution in [1.82, 2.24) is 15.0 Å². The number of carbonyl (C=O) groups is 1. The SMILES string of the molecule is CCOc1ccc(-n2c(SCC(=O)NN=Cc3ccc(C(C)C)cc3)nc3ccccc3c2=O)cc1. The van der Waals surface area contributed by atoms with Gasteiger partial charge in [0.25, 0.3) is 11.5 Å². The zero-order chi connectivity index (χ0) is 25.5. The van der Waals surface area contributed by atoms with Gasteiger partial charge in [-0.15, -0.1) is 0 Å². The third-order valence-corrected chi connectivity index (χ3v) is 6.43. The Morgan fingerprint density at radius 3 is 2.50 bits per heavy atom. The number of nitrogens with zero attached hydrogens (tertiary/aromatic N) is 3. The highest BCUT2D eigenvalue weighted by molar-refractivity contribution is 7.99. The summed E-state index contributed by atoms with van der Waals surface area (Å²) in [5.41, 5.74) is 5.72. The highest BCUT2D eigenvalue weighted by Gasteiger charge is 2.15. The van der Waals surface area contributed by atoms with Crippen molar-refractivity contribution in [3.63, 3.8) is 0 Å². The Kier molecular flexibility index (Phi) is 8.17. The molecule has 0 saturated heterocycles. The molecule has 1 heterocycles. The van der Waals surface area contributed by atoms with E-state index in [-0.39, 0.29) is 17.2 Å². The predicted molar refractivity (Wildman–Crippen MR) is 146 cm³/mol. The van der Waals surface area contributed by atoms with Gasteiger partial charge < -0.3 is 4.74 Å². The average molecular weight is 501 g/mol. The number of hydrazone groups is 1. The van der Waals surface area contributed by atoms with Crippen LogP contribution in [0.25, 0.3) is 16.6 Å². The molecule has 184 valence electrons. The molecule has 1 amide bonds. The van der Waals surface area contributed by atoms with Gasteiger partial charge in [0.05, 0.1) is 35.2 Å². The Morgan fingerprint density at radius 1 is 1.08 bits per heavy atom. The van der Waals surface area contributed by atoms with Gasteiger partial charge in [0.1, 0.15) is 5.75 Å². The van der Waals surface area contributed by atoms with Gasteiger partial charge in [-0.3, -0.25) is 14.2 Å². The molecule has 0 radical (unpaired) electrons. The summed E-state index contributed by atoms with van der Waals surface area (Å²) < 4.78 is 7.04. The summed E-state index contributed by atoms with van der Waals surface area (Å²) in [6.45, 7) is 6.75. The number of ether oxygens (including phenoxy) is 1. The highest BCUT2D eigenvalue weighted by atomic mass is 32.2. The smallest absolute Gasteiger partial charge is 0.266 e. The third kappa shape index (κ3) is 6.01. The van der Waals surface area contributed by atoms with Crippen LogP contribution in [-0.4, -0.2) is 34.0 Å². The van der Waals surface area contributed by atoms with Crippen molar-refractivity contribution in [2.75, 3.05) is 12.4 Å². The van der Waals surface area contributed by atoms with Crippen LogP contribution in [-0.2, 0) is 4.79 Å². The number of thioether (sulfide) groups is 1. The lowest BCUT2D eigenvalue weighted by molar-refractivity contribution is -0.118. The molecule has 7 nitrogen and oxygen atoms in total. The van der Waals surface area contributed by atoms with Crippen LogP contribution in [0.1, 0.15) is 37.8 Å². The molecule has 0 saturated carbocycles. The molecule has 3 aromatic carbocycles. The summed E-state index contributed by atoms with van der Waals surface area (Å²) in [6.07, 6.45) is 1.61. The molecule has 36 heavy (non-hydrogen) atoms. The van der Waals surface area contributed by atoms with Gasteiger partial charge in [0.2, 0.25) is 0 Å². The number of para-hydroxylation sites is 1. The van der Waals surface area contributed by atoms with Crippen LogP contribution in [0, 0.1) is 0 Å². The van der Waals surface area contributed by atoms with Gasteiger partial charge in [-0.05, 0) is 60.4 Å². The molecule has 4 aromatic rings. The molecule has 1 aromatic heterocycles. The Morgan fingerprint density at radius 2 is 1.81 bits per heavy atom. The van der Waals surface area contributed by atoms with Crippen LogP contribution in [0.15, 0.2) is 87.8 Å². The van der Waals surface area contributed by atoms with Crippen LogP contribution >= 0.6 is 11.8 Å². The molecule has 0 atom stereocenters. The third-order valence-electron chi connectivity index (χ3n) is 5.49. The van der Waals surface area contributed by atoms with Crippen molar-refractivity contribution in [3.05, 3.63) is 94.3 Å². The lowest BCUT2D eigenvalue weighted by atomic mass is 10.0. The lowest BCUT2D eigenvalue weighted by Gasteiger charge is -2.13. The number of amides is 1. The van der Waals surface area contributed by atoms with Crippen molar-refractivity contribution in [3.8, 4) is 11.4 Å². The maximum absolute atomic E-state index is 13.4. The van der Waals surface area contributed by atoms with E-state index in [1.807, 2.05) is 55.5 Å². The van der Waals surface area contributed by atoms with E-state index < -0.39 is 0 Å². The quantitative estimate of drug-likeness (QED) is 0.149. The Balaban J connectivity index is 1.51. The molecule has 4 rings (SSSR count). The van der Waals surface area contributed by atoms with E-state index in [1.54, 1.807) is 18.3 Å². The summed E-state index contributed by atoms with van der Waals surface area (Å²) in [4.78, 5) is 30.5. The first-order chi connectivity index (χ1) is 17.5. The van der Waals surface area contributed by atoms with Crippen molar-refractivity contribution in [1.29, 1.82) is 0 Å². The molecule has 0 bridgehead atoms. The summed E-state index contributed by atoms with van der Waals surface area (Å²) in [6, 6.07) is 22.4. The largest absolute Gasteiger partial charge is 0.494 e. The predicted octanol–water partition coefficient (Wildman–Crippen LogP) is 5.15. The molecule has 0 spiro atoms. The first kappa shape index (κ1) is 25.2. The monoisotopic (exact) mass is 500 g/mol. The van der Waals surface area contributed by atoms with E-state index in [2.05, 4.69) is 41.5 Å². The number of benzene rings is 3. The number of rotatable bonds is 9. The number of fused-ring (bicyclic) bond motifs is 1. The van der Waals surface area contributed by atoms with Crippen molar-refractivity contribution < 1.29 is 9.53 Å². The molecule has 0 aliphatic carbocycles. The standard InChI is InChI=1S/C28H28N4O3S/c1-4-35-23-15-13-22(14-16-23)32-27(34)24-7-5-6-8-25(24)30-28(32)36-18-26(33)31-29-17-20-9-11-21(12-10-20)19(2)3/h5-17,19H,4,18H2,1-3H3,(H,31,33). The zero-order valence-corrected chi connectivity index (χ0v) is 21.3. The molecule has 0 fully saturated rings. The fraction of sp³-hybridized carbons (Fsp3) is 0.214. The second-order valence-electron chi connectivity index (χ2n) is 8.38. The topological polar surface area (TPSA) is 85.6 Å². The lowest BCUT2D eigenvalue weighted by Crippen LogP contribution is -2.24. The maximum atomic E-state index is 13.4. The van der Waals surface area contributed by atoms with E-state index in [9.17, 15) is 9.59 Å². The Bertz CT molecular complexity index is 1430. The van der Waals surface area contributed by atoms with Gasteiger partial charge in [0, 0.05) is 0 Å². The van der Waals surface area contributed by atoms with Crippen molar-refractivity contribution in [2.24, 2.45) is 5.10 Å². The number of carbonyl (C=O) groups excluding carboxylic acids is 1. The summed E-state index contributed by atoms with van der Waals surface area (Å²) >= 11 is 1.18. The van der Waals surface area contributed by atoms with E-state index >= 15 is 0 Å². The first-order valence-corrected chi connectivity index (χ1v) is 12.7. The minimum atomic E-state index is -0.296. The first-order valence-electron chi connectivity index (χ1n) is 11.8. The van der Waals surface area contributed by atoms with Crippen LogP contribution < -0.4 is 15.7 Å². The number of nitrogens with one attached hydrogen (secondary N) is 1. The summed E-state index contributed by atoms with van der Waals surface area (Å²) in [5, 5.41) is 4.99. The van der Waals surface area contributed by atoms with Crippen LogP contribution in [0.4, 0.5) is 0 Å². The zero-order valence-electron chi connectivity index (χ0n) is 20.5. The van der Waals surface area contributed by atoms with Crippen molar-refractivity contribution in [2.45, 2.75) is 31.8 Å². The summed E-state index contributed by atoms with van der Waals surface area (Å²) in [5.74, 6) is 0.923. The second kappa shape index (κ2) is 11.7. The molecule has 0 aliphatic heterocycles. The maximum Gasteiger partial charge on any atom is 0.266 e. The van der Waals surface area contributed by atoms with E-state index in [0.717, 1.165) is 5.56 Å². The second-order valence-corrected chi connectivity index (χ2v) is 9.32. The molecule has 0 aliphatic rings. The average Bonchev–Trinajstić information content (AvgIpc) is 2.89. The Hall–Kier alpha value is -3.91. The highest BCUT2D eigenvalue weighted by Crippen LogP contribution is 2.23. The van der Waals surface area contributed by atoms with E-state index in [1.165, 1.54) is 21.9 Å². The molecular weight excluding hydrogens is 472 g/mol. The van der Waals surface area contributed by atoms with E-state index in [0.29, 0.717) is 40.0 Å². The molecule has 0 unspecified atom stereocenters. The number of aromatic nitrogens is 2. The minimum absolute atomic E-state index is 0.0471. The van der Waals surface area contributed by atoms with Gasteiger partial charge in [-0.25, -0.2) is 10.4 Å². The van der Waals surface area contributed by atoms with Crippen LogP contribution in [0.2, 0.25) is 0 Å². The Labute approximate surface area is 214 Å². The van der Waals surface area contributed by atoms with Gasteiger partial charge in [0.15, 0.2) is 5.16 Å². The number of hydrogen-bond donors (Lipinski definition) is 1. The number of hydrogen-bond acceptors (Lipinski definition) is 6. The fourth-order valence-corrected chi connectivity index (χ4v) is 4.41. The van der Waals surface area contributed by atoms with E-state index in [4.69, 9.17) is 4.74 Å². The van der Waals surface area contributed by atoms with Gasteiger partial charge >= 0.3 is 0 Å². The normalized spacial score (nSPS) is 11.3. The van der Waals surface area contributed by atoms with Crippen molar-refractivity contribution >= 4 is 34.8 Å². The van der Waals surface area contributed by atoms with Gasteiger partial charge in [-0.2, -0.15) is 5.10 Å². The minimum Gasteiger partial charge on any atom is -0.494 e.